The number of halogens is 4. The van der Waals surface area contributed by atoms with E-state index in [4.69, 9.17) is 16.9 Å². The third-order valence-corrected chi connectivity index (χ3v) is 3.90. The molecule has 3 aromatic rings. The van der Waals surface area contributed by atoms with Gasteiger partial charge in [0.05, 0.1) is 21.6 Å². The average Bonchev–Trinajstić information content (AvgIpc) is 2.94. The van der Waals surface area contributed by atoms with Gasteiger partial charge in [0.1, 0.15) is 12.6 Å². The zero-order chi connectivity index (χ0) is 18.9. The lowest BCUT2D eigenvalue weighted by molar-refractivity contribution is -0.147. The molecule has 1 N–H and O–H groups in total. The topological polar surface area (TPSA) is 70.7 Å². The molecule has 0 atom stereocenters. The molecule has 5 nitrogen and oxygen atoms in total. The van der Waals surface area contributed by atoms with Crippen LogP contribution >= 0.6 is 11.6 Å². The fourth-order valence-corrected chi connectivity index (χ4v) is 2.70. The molecule has 1 amide bonds. The Morgan fingerprint density at radius 1 is 1.27 bits per heavy atom. The van der Waals surface area contributed by atoms with Gasteiger partial charge in [-0.3, -0.25) is 4.79 Å². The molecule has 0 saturated carbocycles. The summed E-state index contributed by atoms with van der Waals surface area (Å²) in [6.45, 7) is -0.576. The van der Waals surface area contributed by atoms with Gasteiger partial charge in [-0.25, -0.2) is 4.98 Å². The number of anilines is 1. The van der Waals surface area contributed by atoms with Crippen molar-refractivity contribution in [3.63, 3.8) is 0 Å². The second-order valence-electron chi connectivity index (χ2n) is 5.36. The number of alkyl halides is 3. The molecule has 0 spiro atoms. The van der Waals surface area contributed by atoms with E-state index < -0.39 is 24.5 Å². The molecule has 0 bridgehead atoms. The van der Waals surface area contributed by atoms with E-state index in [1.54, 1.807) is 12.1 Å². The summed E-state index contributed by atoms with van der Waals surface area (Å²) in [6, 6.07) is 12.1. The van der Waals surface area contributed by atoms with Crippen LogP contribution in [0, 0.1) is 11.3 Å². The van der Waals surface area contributed by atoms with E-state index in [2.05, 4.69) is 10.3 Å². The Kier molecular flexibility index (Phi) is 4.57. The van der Waals surface area contributed by atoms with Gasteiger partial charge in [-0.2, -0.15) is 18.4 Å². The maximum atomic E-state index is 13.2. The van der Waals surface area contributed by atoms with Crippen molar-refractivity contribution in [2.45, 2.75) is 12.7 Å². The van der Waals surface area contributed by atoms with E-state index in [1.807, 2.05) is 6.07 Å². The Morgan fingerprint density at radius 2 is 2.00 bits per heavy atom. The predicted octanol–water partition coefficient (Wildman–Crippen LogP) is 4.22. The molecular weight excluding hydrogens is 369 g/mol. The van der Waals surface area contributed by atoms with Crippen molar-refractivity contribution in [1.29, 1.82) is 5.26 Å². The first-order valence-corrected chi connectivity index (χ1v) is 7.69. The summed E-state index contributed by atoms with van der Waals surface area (Å²) in [7, 11) is 0. The maximum absolute atomic E-state index is 13.2. The van der Waals surface area contributed by atoms with Crippen molar-refractivity contribution in [3.8, 4) is 6.07 Å². The van der Waals surface area contributed by atoms with Crippen LogP contribution in [0.5, 0.6) is 0 Å². The highest BCUT2D eigenvalue weighted by molar-refractivity contribution is 6.32. The number of benzene rings is 2. The molecule has 0 radical (unpaired) electrons. The number of amides is 1. The molecule has 0 aliphatic carbocycles. The number of hydrogen-bond donors (Lipinski definition) is 1. The second-order valence-corrected chi connectivity index (χ2v) is 5.77. The Morgan fingerprint density at radius 3 is 2.65 bits per heavy atom. The minimum absolute atomic E-state index is 0.134. The highest BCUT2D eigenvalue weighted by atomic mass is 35.5. The van der Waals surface area contributed by atoms with Crippen LogP contribution in [0.4, 0.5) is 18.9 Å². The van der Waals surface area contributed by atoms with Gasteiger partial charge in [0.2, 0.25) is 11.7 Å². The quantitative estimate of drug-likeness (QED) is 0.741. The molecule has 0 aliphatic rings. The number of carbonyl (C=O) groups is 1. The summed E-state index contributed by atoms with van der Waals surface area (Å²) in [5, 5.41) is 11.4. The molecule has 26 heavy (non-hydrogen) atoms. The number of aromatic nitrogens is 2. The normalized spacial score (nSPS) is 11.3. The fourth-order valence-electron chi connectivity index (χ4n) is 2.48. The Balaban J connectivity index is 1.90. The number of nitrogens with one attached hydrogen (secondary N) is 1. The van der Waals surface area contributed by atoms with E-state index >= 15 is 0 Å². The Labute approximate surface area is 150 Å². The standard InChI is InChI=1S/C17H10ClF3N4O/c18-12-7-11(6-5-10(12)8-22)23-15(26)9-25-14-4-2-1-3-13(14)24-16(25)17(19,20)21/h1-7H,9H2,(H,23,26). The van der Waals surface area contributed by atoms with Crippen molar-refractivity contribution >= 4 is 34.2 Å². The molecule has 9 heteroatoms. The largest absolute Gasteiger partial charge is 0.449 e. The van der Waals surface area contributed by atoms with Crippen molar-refractivity contribution in [1.82, 2.24) is 9.55 Å². The lowest BCUT2D eigenvalue weighted by Gasteiger charge is -2.12. The van der Waals surface area contributed by atoms with Gasteiger partial charge in [0.25, 0.3) is 0 Å². The molecular formula is C17H10ClF3N4O. The summed E-state index contributed by atoms with van der Waals surface area (Å²) in [6.07, 6.45) is -4.70. The van der Waals surface area contributed by atoms with E-state index in [9.17, 15) is 18.0 Å². The minimum atomic E-state index is -4.70. The molecule has 1 heterocycles. The SMILES string of the molecule is N#Cc1ccc(NC(=O)Cn2c(C(F)(F)F)nc3ccccc32)cc1Cl. The van der Waals surface area contributed by atoms with E-state index in [-0.39, 0.29) is 27.3 Å². The molecule has 1 aromatic heterocycles. The highest BCUT2D eigenvalue weighted by Gasteiger charge is 2.38. The Hall–Kier alpha value is -3.05. The van der Waals surface area contributed by atoms with Crippen LogP contribution < -0.4 is 5.32 Å². The first kappa shape index (κ1) is 17.8. The van der Waals surface area contributed by atoms with Crippen LogP contribution in [-0.4, -0.2) is 15.5 Å². The van der Waals surface area contributed by atoms with Crippen LogP contribution in [0.2, 0.25) is 5.02 Å². The van der Waals surface area contributed by atoms with Crippen molar-refractivity contribution in [2.75, 3.05) is 5.32 Å². The lowest BCUT2D eigenvalue weighted by Crippen LogP contribution is -2.23. The number of fused-ring (bicyclic) bond motifs is 1. The van der Waals surface area contributed by atoms with E-state index in [0.717, 1.165) is 4.57 Å². The van der Waals surface area contributed by atoms with Gasteiger partial charge in [-0.1, -0.05) is 23.7 Å². The summed E-state index contributed by atoms with van der Waals surface area (Å²) >= 11 is 5.88. The average molecular weight is 379 g/mol. The molecule has 0 fully saturated rings. The van der Waals surface area contributed by atoms with Crippen molar-refractivity contribution in [3.05, 3.63) is 58.9 Å². The van der Waals surface area contributed by atoms with Gasteiger partial charge < -0.3 is 9.88 Å². The highest BCUT2D eigenvalue weighted by Crippen LogP contribution is 2.31. The van der Waals surface area contributed by atoms with Gasteiger partial charge in [-0.15, -0.1) is 0 Å². The maximum Gasteiger partial charge on any atom is 0.449 e. The Bertz CT molecular complexity index is 1040. The van der Waals surface area contributed by atoms with Crippen molar-refractivity contribution < 1.29 is 18.0 Å². The summed E-state index contributed by atoms with van der Waals surface area (Å²) < 4.78 is 40.5. The number of rotatable bonds is 3. The summed E-state index contributed by atoms with van der Waals surface area (Å²) in [5.41, 5.74) is 0.850. The molecule has 0 unspecified atom stereocenters. The third kappa shape index (κ3) is 3.48. The number of carbonyl (C=O) groups excluding carboxylic acids is 1. The van der Waals surface area contributed by atoms with E-state index in [0.29, 0.717) is 0 Å². The minimum Gasteiger partial charge on any atom is -0.324 e. The van der Waals surface area contributed by atoms with Gasteiger partial charge >= 0.3 is 6.18 Å². The first-order valence-electron chi connectivity index (χ1n) is 7.31. The van der Waals surface area contributed by atoms with Crippen LogP contribution in [0.1, 0.15) is 11.4 Å². The molecule has 0 aliphatic heterocycles. The zero-order valence-electron chi connectivity index (χ0n) is 13.0. The lowest BCUT2D eigenvalue weighted by atomic mass is 10.2. The zero-order valence-corrected chi connectivity index (χ0v) is 13.8. The van der Waals surface area contributed by atoms with Crippen molar-refractivity contribution in [2.24, 2.45) is 0 Å². The van der Waals surface area contributed by atoms with Gasteiger partial charge in [0.15, 0.2) is 0 Å². The van der Waals surface area contributed by atoms with E-state index in [1.165, 1.54) is 30.3 Å². The van der Waals surface area contributed by atoms with Crippen LogP contribution in [-0.2, 0) is 17.5 Å². The third-order valence-electron chi connectivity index (χ3n) is 3.58. The van der Waals surface area contributed by atoms with Crippen LogP contribution in [0.15, 0.2) is 42.5 Å². The van der Waals surface area contributed by atoms with Gasteiger partial charge in [-0.05, 0) is 30.3 Å². The smallest absolute Gasteiger partial charge is 0.324 e. The first-order chi connectivity index (χ1) is 12.3. The number of imidazole rings is 1. The van der Waals surface area contributed by atoms with Crippen LogP contribution in [0.3, 0.4) is 0 Å². The number of para-hydroxylation sites is 2. The molecule has 0 saturated heterocycles. The summed E-state index contributed by atoms with van der Waals surface area (Å²) in [4.78, 5) is 15.8. The summed E-state index contributed by atoms with van der Waals surface area (Å²) in [5.74, 6) is -1.83. The fraction of sp³-hybridized carbons (Fsp3) is 0.118. The van der Waals surface area contributed by atoms with Crippen LogP contribution in [0.25, 0.3) is 11.0 Å². The monoisotopic (exact) mass is 378 g/mol. The number of nitrogens with zero attached hydrogens (tertiary/aromatic N) is 3. The molecule has 132 valence electrons. The van der Waals surface area contributed by atoms with Gasteiger partial charge in [0, 0.05) is 5.69 Å². The number of hydrogen-bond acceptors (Lipinski definition) is 3. The molecule has 3 rings (SSSR count). The second kappa shape index (κ2) is 6.69. The predicted molar refractivity (Wildman–Crippen MR) is 89.5 cm³/mol. The molecule has 2 aromatic carbocycles. The number of nitriles is 1.